The van der Waals surface area contributed by atoms with Crippen molar-refractivity contribution in [2.45, 2.75) is 39.2 Å². The molecule has 120 valence electrons. The lowest BCUT2D eigenvalue weighted by atomic mass is 9.83. The van der Waals surface area contributed by atoms with Gasteiger partial charge in [0.25, 0.3) is 0 Å². The van der Waals surface area contributed by atoms with Crippen molar-refractivity contribution in [3.05, 3.63) is 58.7 Å². The first kappa shape index (κ1) is 16.6. The fourth-order valence-corrected chi connectivity index (χ4v) is 2.46. The molecule has 0 unspecified atom stereocenters. The van der Waals surface area contributed by atoms with Gasteiger partial charge in [-0.15, -0.1) is 0 Å². The van der Waals surface area contributed by atoms with Gasteiger partial charge in [-0.3, -0.25) is 0 Å². The predicted molar refractivity (Wildman–Crippen MR) is 85.6 cm³/mol. The number of nitrogens with two attached hydrogens (primary N) is 1. The van der Waals surface area contributed by atoms with E-state index in [1.807, 2.05) is 30.3 Å². The van der Waals surface area contributed by atoms with Gasteiger partial charge in [0.1, 0.15) is 23.0 Å². The van der Waals surface area contributed by atoms with Crippen LogP contribution < -0.4 is 5.73 Å². The lowest BCUT2D eigenvalue weighted by molar-refractivity contribution is -0.150. The van der Waals surface area contributed by atoms with E-state index in [9.17, 15) is 10.1 Å². The molecule has 0 fully saturated rings. The van der Waals surface area contributed by atoms with Crippen LogP contribution in [-0.2, 0) is 14.3 Å². The maximum absolute atomic E-state index is 12.6. The molecule has 1 aliphatic rings. The number of nitrogens with zero attached hydrogens (tertiary/aromatic N) is 1. The molecule has 1 atom stereocenters. The van der Waals surface area contributed by atoms with Gasteiger partial charge in [-0.1, -0.05) is 30.3 Å². The molecule has 0 amide bonds. The van der Waals surface area contributed by atoms with Crippen LogP contribution in [0, 0.1) is 11.3 Å². The molecule has 0 aromatic heterocycles. The van der Waals surface area contributed by atoms with Crippen molar-refractivity contribution in [2.75, 3.05) is 0 Å². The summed E-state index contributed by atoms with van der Waals surface area (Å²) in [6.07, 6.45) is 0. The summed E-state index contributed by atoms with van der Waals surface area (Å²) in [5.41, 5.74) is 6.50. The van der Waals surface area contributed by atoms with E-state index in [4.69, 9.17) is 15.2 Å². The van der Waals surface area contributed by atoms with E-state index in [2.05, 4.69) is 6.07 Å². The molecule has 1 aromatic carbocycles. The zero-order valence-corrected chi connectivity index (χ0v) is 13.7. The highest BCUT2D eigenvalue weighted by atomic mass is 16.6. The molecule has 0 saturated carbocycles. The first-order valence-electron chi connectivity index (χ1n) is 7.31. The Labute approximate surface area is 136 Å². The van der Waals surface area contributed by atoms with Crippen molar-refractivity contribution in [1.82, 2.24) is 0 Å². The SMILES string of the molecule is CC1=C(C(=O)OC(C)(C)C)[C@@H](c2ccccc2)C(C#N)=C(N)O1. The normalized spacial score (nSPS) is 18.3. The summed E-state index contributed by atoms with van der Waals surface area (Å²) in [4.78, 5) is 12.6. The molecule has 0 saturated heterocycles. The van der Waals surface area contributed by atoms with Crippen LogP contribution in [0.3, 0.4) is 0 Å². The minimum atomic E-state index is -0.648. The average Bonchev–Trinajstić information content (AvgIpc) is 2.45. The Bertz CT molecular complexity index is 719. The molecule has 0 spiro atoms. The fourth-order valence-electron chi connectivity index (χ4n) is 2.46. The number of hydrogen-bond donors (Lipinski definition) is 1. The van der Waals surface area contributed by atoms with Crippen LogP contribution >= 0.6 is 0 Å². The number of carbonyl (C=O) groups is 1. The summed E-state index contributed by atoms with van der Waals surface area (Å²) in [6, 6.07) is 11.3. The maximum Gasteiger partial charge on any atom is 0.338 e. The molecule has 23 heavy (non-hydrogen) atoms. The molecule has 5 nitrogen and oxygen atoms in total. The van der Waals surface area contributed by atoms with E-state index in [1.165, 1.54) is 0 Å². The Kier molecular flexibility index (Phi) is 4.46. The number of esters is 1. The molecule has 0 bridgehead atoms. The highest BCUT2D eigenvalue weighted by molar-refractivity contribution is 5.92. The summed E-state index contributed by atoms with van der Waals surface area (Å²) in [6.45, 7) is 7.02. The maximum atomic E-state index is 12.6. The number of benzene rings is 1. The van der Waals surface area contributed by atoms with Crippen molar-refractivity contribution in [2.24, 2.45) is 5.73 Å². The monoisotopic (exact) mass is 312 g/mol. The molecule has 0 aliphatic carbocycles. The van der Waals surface area contributed by atoms with Gasteiger partial charge in [-0.25, -0.2) is 4.79 Å². The number of carbonyl (C=O) groups excluding carboxylic acids is 1. The molecule has 2 rings (SSSR count). The Balaban J connectivity index is 2.55. The molecule has 2 N–H and O–H groups in total. The van der Waals surface area contributed by atoms with Crippen molar-refractivity contribution in [3.8, 4) is 6.07 Å². The highest BCUT2D eigenvalue weighted by Gasteiger charge is 2.37. The van der Waals surface area contributed by atoms with Crippen LogP contribution in [0.15, 0.2) is 53.1 Å². The van der Waals surface area contributed by atoms with Gasteiger partial charge < -0.3 is 15.2 Å². The Morgan fingerprint density at radius 2 is 1.91 bits per heavy atom. The Hall–Kier alpha value is -2.74. The third-order valence-electron chi connectivity index (χ3n) is 3.36. The average molecular weight is 312 g/mol. The van der Waals surface area contributed by atoms with Crippen molar-refractivity contribution in [1.29, 1.82) is 5.26 Å². The van der Waals surface area contributed by atoms with E-state index in [0.29, 0.717) is 11.3 Å². The van der Waals surface area contributed by atoms with Crippen LogP contribution in [-0.4, -0.2) is 11.6 Å². The smallest absolute Gasteiger partial charge is 0.338 e. The summed E-state index contributed by atoms with van der Waals surface area (Å²) in [7, 11) is 0. The zero-order chi connectivity index (χ0) is 17.2. The second-order valence-corrected chi connectivity index (χ2v) is 6.31. The highest BCUT2D eigenvalue weighted by Crippen LogP contribution is 2.39. The Morgan fingerprint density at radius 1 is 1.30 bits per heavy atom. The van der Waals surface area contributed by atoms with E-state index in [0.717, 1.165) is 5.56 Å². The van der Waals surface area contributed by atoms with Crippen LogP contribution in [0.2, 0.25) is 0 Å². The number of nitriles is 1. The molecule has 1 heterocycles. The predicted octanol–water partition coefficient (Wildman–Crippen LogP) is 3.11. The number of ether oxygens (including phenoxy) is 2. The van der Waals surface area contributed by atoms with Crippen LogP contribution in [0.1, 0.15) is 39.2 Å². The molecule has 1 aliphatic heterocycles. The molecule has 5 heteroatoms. The third-order valence-corrected chi connectivity index (χ3v) is 3.36. The second kappa shape index (κ2) is 6.17. The zero-order valence-electron chi connectivity index (χ0n) is 13.7. The van der Waals surface area contributed by atoms with E-state index >= 15 is 0 Å². The van der Waals surface area contributed by atoms with Crippen LogP contribution in [0.4, 0.5) is 0 Å². The van der Waals surface area contributed by atoms with Gasteiger partial charge in [0.05, 0.1) is 11.5 Å². The third kappa shape index (κ3) is 3.54. The number of hydrogen-bond acceptors (Lipinski definition) is 5. The van der Waals surface area contributed by atoms with Crippen molar-refractivity contribution in [3.63, 3.8) is 0 Å². The second-order valence-electron chi connectivity index (χ2n) is 6.31. The molecule has 0 radical (unpaired) electrons. The van der Waals surface area contributed by atoms with Crippen molar-refractivity contribution < 1.29 is 14.3 Å². The van der Waals surface area contributed by atoms with Gasteiger partial charge in [0, 0.05) is 0 Å². The summed E-state index contributed by atoms with van der Waals surface area (Å²) in [5.74, 6) is -0.732. The standard InChI is InChI=1S/C18H20N2O3/c1-11-14(17(21)23-18(2,3)4)15(12-8-6-5-7-9-12)13(10-19)16(20)22-11/h5-9,15H,20H2,1-4H3/t15-/m0/s1. The van der Waals surface area contributed by atoms with Crippen molar-refractivity contribution >= 4 is 5.97 Å². The first-order chi connectivity index (χ1) is 10.7. The van der Waals surface area contributed by atoms with Crippen LogP contribution in [0.5, 0.6) is 0 Å². The molecular formula is C18H20N2O3. The quantitative estimate of drug-likeness (QED) is 0.848. The summed E-state index contributed by atoms with van der Waals surface area (Å²) >= 11 is 0. The lowest BCUT2D eigenvalue weighted by Crippen LogP contribution is -2.30. The lowest BCUT2D eigenvalue weighted by Gasteiger charge is -2.29. The minimum Gasteiger partial charge on any atom is -0.456 e. The fraction of sp³-hybridized carbons (Fsp3) is 0.333. The van der Waals surface area contributed by atoms with E-state index in [-0.39, 0.29) is 11.5 Å². The number of rotatable bonds is 2. The number of allylic oxidation sites excluding steroid dienone is 2. The van der Waals surface area contributed by atoms with E-state index in [1.54, 1.807) is 27.7 Å². The van der Waals surface area contributed by atoms with Gasteiger partial charge in [0.15, 0.2) is 0 Å². The Morgan fingerprint density at radius 3 is 2.43 bits per heavy atom. The van der Waals surface area contributed by atoms with Crippen LogP contribution in [0.25, 0.3) is 0 Å². The molecular weight excluding hydrogens is 292 g/mol. The van der Waals surface area contributed by atoms with Gasteiger partial charge in [-0.05, 0) is 33.3 Å². The largest absolute Gasteiger partial charge is 0.456 e. The topological polar surface area (TPSA) is 85.3 Å². The van der Waals surface area contributed by atoms with Gasteiger partial charge >= 0.3 is 5.97 Å². The molecule has 1 aromatic rings. The summed E-state index contributed by atoms with van der Waals surface area (Å²) in [5, 5.41) is 9.47. The van der Waals surface area contributed by atoms with E-state index < -0.39 is 17.5 Å². The summed E-state index contributed by atoms with van der Waals surface area (Å²) < 4.78 is 10.9. The minimum absolute atomic E-state index is 0.0196. The van der Waals surface area contributed by atoms with Gasteiger partial charge in [-0.2, -0.15) is 5.26 Å². The first-order valence-corrected chi connectivity index (χ1v) is 7.31. The van der Waals surface area contributed by atoms with Gasteiger partial charge in [0.2, 0.25) is 5.88 Å².